The van der Waals surface area contributed by atoms with Crippen molar-refractivity contribution >= 4 is 17.4 Å². The third kappa shape index (κ3) is 4.75. The molecular weight excluding hydrogens is 354 g/mol. The number of rotatable bonds is 6. The van der Waals surface area contributed by atoms with Gasteiger partial charge in [-0.2, -0.15) is 0 Å². The number of carbonyl (C=O) groups excluding carboxylic acids is 1. The molecule has 0 saturated heterocycles. The molecule has 1 aromatic heterocycles. The molecule has 2 aromatic carbocycles. The van der Waals surface area contributed by atoms with Crippen molar-refractivity contribution < 1.29 is 18.3 Å². The summed E-state index contributed by atoms with van der Waals surface area (Å²) >= 11 is 0. The lowest BCUT2D eigenvalue weighted by Gasteiger charge is -2.08. The van der Waals surface area contributed by atoms with Gasteiger partial charge in [0.15, 0.2) is 0 Å². The molecule has 138 valence electrons. The summed E-state index contributed by atoms with van der Waals surface area (Å²) in [6.45, 7) is 0.519. The summed E-state index contributed by atoms with van der Waals surface area (Å²) in [5, 5.41) is 5.41. The number of hydrogen-bond acceptors (Lipinski definition) is 5. The van der Waals surface area contributed by atoms with Gasteiger partial charge in [-0.25, -0.2) is 18.7 Å². The molecule has 1 amide bonds. The van der Waals surface area contributed by atoms with Crippen LogP contribution in [0.15, 0.2) is 54.9 Å². The molecule has 0 aliphatic heterocycles. The average molecular weight is 370 g/mol. The fourth-order valence-corrected chi connectivity index (χ4v) is 2.25. The van der Waals surface area contributed by atoms with Gasteiger partial charge in [-0.05, 0) is 29.8 Å². The number of aromatic nitrogens is 2. The van der Waals surface area contributed by atoms with Gasteiger partial charge in [0.05, 0.1) is 25.2 Å². The first-order valence-corrected chi connectivity index (χ1v) is 8.00. The monoisotopic (exact) mass is 370 g/mol. The molecule has 6 nitrogen and oxygen atoms in total. The SMILES string of the molecule is COc1ccc(CNc2cnc(C(=O)Nc3ccc(F)cc3F)cn2)cc1. The number of nitrogens with zero attached hydrogens (tertiary/aromatic N) is 2. The van der Waals surface area contributed by atoms with E-state index in [2.05, 4.69) is 20.6 Å². The lowest BCUT2D eigenvalue weighted by molar-refractivity contribution is 0.102. The molecule has 0 unspecified atom stereocenters. The highest BCUT2D eigenvalue weighted by atomic mass is 19.1. The van der Waals surface area contributed by atoms with Crippen molar-refractivity contribution in [3.63, 3.8) is 0 Å². The van der Waals surface area contributed by atoms with E-state index >= 15 is 0 Å². The molecular formula is C19H16F2N4O2. The molecule has 0 fully saturated rings. The lowest BCUT2D eigenvalue weighted by Crippen LogP contribution is -2.15. The summed E-state index contributed by atoms with van der Waals surface area (Å²) in [6.07, 6.45) is 2.67. The highest BCUT2D eigenvalue weighted by Crippen LogP contribution is 2.16. The van der Waals surface area contributed by atoms with Crippen molar-refractivity contribution in [1.82, 2.24) is 9.97 Å². The van der Waals surface area contributed by atoms with E-state index in [1.807, 2.05) is 24.3 Å². The maximum absolute atomic E-state index is 13.6. The first-order chi connectivity index (χ1) is 13.0. The van der Waals surface area contributed by atoms with Crippen LogP contribution in [0.1, 0.15) is 16.1 Å². The molecule has 0 aliphatic rings. The van der Waals surface area contributed by atoms with Gasteiger partial charge >= 0.3 is 0 Å². The summed E-state index contributed by atoms with van der Waals surface area (Å²) < 4.78 is 31.6. The molecule has 2 N–H and O–H groups in total. The highest BCUT2D eigenvalue weighted by molar-refractivity contribution is 6.02. The second-order valence-corrected chi connectivity index (χ2v) is 5.57. The Balaban J connectivity index is 1.59. The van der Waals surface area contributed by atoms with Crippen LogP contribution in [0.25, 0.3) is 0 Å². The van der Waals surface area contributed by atoms with Gasteiger partial charge in [-0.15, -0.1) is 0 Å². The molecule has 0 radical (unpaired) electrons. The quantitative estimate of drug-likeness (QED) is 0.693. The average Bonchev–Trinajstić information content (AvgIpc) is 2.69. The van der Waals surface area contributed by atoms with E-state index in [1.165, 1.54) is 12.4 Å². The van der Waals surface area contributed by atoms with Crippen LogP contribution in [0.5, 0.6) is 5.75 Å². The molecule has 0 bridgehead atoms. The van der Waals surface area contributed by atoms with E-state index in [9.17, 15) is 13.6 Å². The number of halogens is 2. The molecule has 0 spiro atoms. The third-order valence-electron chi connectivity index (χ3n) is 3.70. The Hall–Kier alpha value is -3.55. The van der Waals surface area contributed by atoms with E-state index in [0.717, 1.165) is 23.4 Å². The zero-order valence-electron chi connectivity index (χ0n) is 14.4. The number of hydrogen-bond donors (Lipinski definition) is 2. The minimum Gasteiger partial charge on any atom is -0.497 e. The fraction of sp³-hybridized carbons (Fsp3) is 0.105. The zero-order valence-corrected chi connectivity index (χ0v) is 14.4. The number of anilines is 2. The van der Waals surface area contributed by atoms with Crippen molar-refractivity contribution in [3.8, 4) is 5.75 Å². The van der Waals surface area contributed by atoms with Crippen molar-refractivity contribution in [1.29, 1.82) is 0 Å². The van der Waals surface area contributed by atoms with Crippen molar-refractivity contribution in [3.05, 3.63) is 77.8 Å². The third-order valence-corrected chi connectivity index (χ3v) is 3.70. The largest absolute Gasteiger partial charge is 0.497 e. The van der Waals surface area contributed by atoms with Gasteiger partial charge in [0.1, 0.15) is 28.9 Å². The Labute approximate surface area is 154 Å². The standard InChI is InChI=1S/C19H16F2N4O2/c1-27-14-5-2-12(3-6-14)9-23-18-11-22-17(10-24-18)19(26)25-16-7-4-13(20)8-15(16)21/h2-8,10-11H,9H2,1H3,(H,23,24)(H,25,26). The van der Waals surface area contributed by atoms with E-state index < -0.39 is 17.5 Å². The minimum absolute atomic E-state index is 0.00808. The van der Waals surface area contributed by atoms with Gasteiger partial charge in [0.2, 0.25) is 0 Å². The summed E-state index contributed by atoms with van der Waals surface area (Å²) in [6, 6.07) is 10.4. The lowest BCUT2D eigenvalue weighted by atomic mass is 10.2. The summed E-state index contributed by atoms with van der Waals surface area (Å²) in [4.78, 5) is 20.2. The molecule has 27 heavy (non-hydrogen) atoms. The Morgan fingerprint density at radius 1 is 1.07 bits per heavy atom. The van der Waals surface area contributed by atoms with Crippen molar-refractivity contribution in [2.75, 3.05) is 17.7 Å². The van der Waals surface area contributed by atoms with Crippen molar-refractivity contribution in [2.45, 2.75) is 6.54 Å². The summed E-state index contributed by atoms with van der Waals surface area (Å²) in [5.74, 6) is -0.983. The smallest absolute Gasteiger partial charge is 0.275 e. The first kappa shape index (κ1) is 18.2. The van der Waals surface area contributed by atoms with Gasteiger partial charge in [0, 0.05) is 12.6 Å². The molecule has 3 rings (SSSR count). The van der Waals surface area contributed by atoms with Gasteiger partial charge < -0.3 is 15.4 Å². The molecule has 3 aromatic rings. The number of carbonyl (C=O) groups is 1. The van der Waals surface area contributed by atoms with Crippen LogP contribution in [0.4, 0.5) is 20.3 Å². The topological polar surface area (TPSA) is 76.1 Å². The molecule has 1 heterocycles. The van der Waals surface area contributed by atoms with Crippen LogP contribution in [0.2, 0.25) is 0 Å². The van der Waals surface area contributed by atoms with Crippen LogP contribution in [-0.2, 0) is 6.54 Å². The first-order valence-electron chi connectivity index (χ1n) is 8.00. The van der Waals surface area contributed by atoms with Crippen LogP contribution in [-0.4, -0.2) is 23.0 Å². The molecule has 8 heteroatoms. The Morgan fingerprint density at radius 3 is 2.48 bits per heavy atom. The second-order valence-electron chi connectivity index (χ2n) is 5.57. The Bertz CT molecular complexity index is 931. The van der Waals surface area contributed by atoms with E-state index in [4.69, 9.17) is 4.74 Å². The summed E-state index contributed by atoms with van der Waals surface area (Å²) in [5.41, 5.74) is 0.893. The predicted octanol–water partition coefficient (Wildman–Crippen LogP) is 3.63. The molecule has 0 atom stereocenters. The zero-order chi connectivity index (χ0) is 19.2. The Morgan fingerprint density at radius 2 is 1.85 bits per heavy atom. The Kier molecular flexibility index (Phi) is 5.55. The molecule has 0 aliphatic carbocycles. The van der Waals surface area contributed by atoms with Crippen LogP contribution in [0, 0.1) is 11.6 Å². The van der Waals surface area contributed by atoms with Crippen LogP contribution >= 0.6 is 0 Å². The van der Waals surface area contributed by atoms with Crippen molar-refractivity contribution in [2.24, 2.45) is 0 Å². The molecule has 0 saturated carbocycles. The maximum Gasteiger partial charge on any atom is 0.275 e. The number of nitrogens with one attached hydrogen (secondary N) is 2. The van der Waals surface area contributed by atoms with Gasteiger partial charge in [-0.3, -0.25) is 4.79 Å². The van der Waals surface area contributed by atoms with E-state index in [1.54, 1.807) is 7.11 Å². The number of ether oxygens (including phenoxy) is 1. The summed E-state index contributed by atoms with van der Waals surface area (Å²) in [7, 11) is 1.60. The maximum atomic E-state index is 13.6. The number of amides is 1. The number of benzene rings is 2. The normalized spacial score (nSPS) is 10.3. The minimum atomic E-state index is -0.867. The van der Waals surface area contributed by atoms with Gasteiger partial charge in [0.25, 0.3) is 5.91 Å². The van der Waals surface area contributed by atoms with E-state index in [0.29, 0.717) is 18.4 Å². The van der Waals surface area contributed by atoms with Gasteiger partial charge in [-0.1, -0.05) is 12.1 Å². The number of methoxy groups -OCH3 is 1. The second kappa shape index (κ2) is 8.22. The fourth-order valence-electron chi connectivity index (χ4n) is 2.25. The van der Waals surface area contributed by atoms with Crippen LogP contribution in [0.3, 0.4) is 0 Å². The van der Waals surface area contributed by atoms with Crippen LogP contribution < -0.4 is 15.4 Å². The van der Waals surface area contributed by atoms with E-state index in [-0.39, 0.29) is 11.4 Å². The predicted molar refractivity (Wildman–Crippen MR) is 96.7 cm³/mol. The highest BCUT2D eigenvalue weighted by Gasteiger charge is 2.12.